The normalized spacial score (nSPS) is 22.3. The van der Waals surface area contributed by atoms with E-state index >= 15 is 0 Å². The van der Waals surface area contributed by atoms with Crippen LogP contribution in [-0.4, -0.2) is 42.0 Å². The minimum atomic E-state index is 0.647. The zero-order chi connectivity index (χ0) is 13.1. The molecule has 1 heterocycles. The summed E-state index contributed by atoms with van der Waals surface area (Å²) in [5.74, 6) is 0. The van der Waals surface area contributed by atoms with Crippen molar-refractivity contribution in [1.29, 1.82) is 0 Å². The number of nitrogens with two attached hydrogens (primary N) is 1. The average molecular weight is 312 g/mol. The minimum Gasteiger partial charge on any atom is -0.399 e. The Morgan fingerprint density at radius 1 is 1.33 bits per heavy atom. The van der Waals surface area contributed by atoms with Crippen LogP contribution in [0, 0.1) is 0 Å². The summed E-state index contributed by atoms with van der Waals surface area (Å²) in [4.78, 5) is 5.05. The highest BCUT2D eigenvalue weighted by Crippen LogP contribution is 2.20. The van der Waals surface area contributed by atoms with E-state index in [9.17, 15) is 0 Å². The number of hydrogen-bond acceptors (Lipinski definition) is 3. The van der Waals surface area contributed by atoms with E-state index in [-0.39, 0.29) is 0 Å². The number of benzene rings is 1. The van der Waals surface area contributed by atoms with Gasteiger partial charge in [-0.25, -0.2) is 0 Å². The first-order chi connectivity index (χ1) is 8.58. The lowest BCUT2D eigenvalue weighted by Crippen LogP contribution is -2.51. The Bertz CT molecular complexity index is 388. The molecule has 3 nitrogen and oxygen atoms in total. The van der Waals surface area contributed by atoms with Gasteiger partial charge in [0, 0.05) is 42.4 Å². The first-order valence-electron chi connectivity index (χ1n) is 6.60. The molecule has 2 rings (SSSR count). The van der Waals surface area contributed by atoms with Crippen LogP contribution in [0.2, 0.25) is 0 Å². The SMILES string of the molecule is CCN1CCN(Cc2cc(N)cc(Br)c2)CC1C. The number of hydrogen-bond donors (Lipinski definition) is 1. The van der Waals surface area contributed by atoms with Crippen LogP contribution in [0.4, 0.5) is 5.69 Å². The van der Waals surface area contributed by atoms with Crippen molar-refractivity contribution in [3.63, 3.8) is 0 Å². The Hall–Kier alpha value is -0.580. The molecule has 0 saturated carbocycles. The fourth-order valence-electron chi connectivity index (χ4n) is 2.71. The van der Waals surface area contributed by atoms with Crippen LogP contribution < -0.4 is 5.73 Å². The van der Waals surface area contributed by atoms with Crippen molar-refractivity contribution in [2.45, 2.75) is 26.4 Å². The summed E-state index contributed by atoms with van der Waals surface area (Å²) in [5, 5.41) is 0. The molecule has 0 aromatic heterocycles. The van der Waals surface area contributed by atoms with Crippen molar-refractivity contribution < 1.29 is 0 Å². The zero-order valence-electron chi connectivity index (χ0n) is 11.2. The van der Waals surface area contributed by atoms with E-state index in [2.05, 4.69) is 51.7 Å². The molecule has 2 N–H and O–H groups in total. The maximum Gasteiger partial charge on any atom is 0.0328 e. The number of anilines is 1. The van der Waals surface area contributed by atoms with Gasteiger partial charge in [0.05, 0.1) is 0 Å². The molecule has 1 aromatic carbocycles. The van der Waals surface area contributed by atoms with Crippen LogP contribution in [0.1, 0.15) is 19.4 Å². The molecular weight excluding hydrogens is 290 g/mol. The van der Waals surface area contributed by atoms with Crippen LogP contribution in [0.3, 0.4) is 0 Å². The lowest BCUT2D eigenvalue weighted by Gasteiger charge is -2.39. The molecular formula is C14H22BrN3. The second-order valence-corrected chi connectivity index (χ2v) is 6.02. The molecule has 1 atom stereocenters. The fourth-order valence-corrected chi connectivity index (χ4v) is 3.27. The van der Waals surface area contributed by atoms with E-state index in [1.807, 2.05) is 6.07 Å². The second-order valence-electron chi connectivity index (χ2n) is 5.11. The summed E-state index contributed by atoms with van der Waals surface area (Å²) in [6.07, 6.45) is 0. The smallest absolute Gasteiger partial charge is 0.0328 e. The van der Waals surface area contributed by atoms with E-state index in [0.717, 1.165) is 36.3 Å². The van der Waals surface area contributed by atoms with Gasteiger partial charge in [-0.3, -0.25) is 9.80 Å². The quantitative estimate of drug-likeness (QED) is 0.871. The summed E-state index contributed by atoms with van der Waals surface area (Å²) >= 11 is 3.50. The summed E-state index contributed by atoms with van der Waals surface area (Å²) in [5.41, 5.74) is 8.00. The molecule has 0 amide bonds. The molecule has 1 unspecified atom stereocenters. The maximum atomic E-state index is 5.88. The lowest BCUT2D eigenvalue weighted by atomic mass is 10.1. The zero-order valence-corrected chi connectivity index (χ0v) is 12.8. The molecule has 4 heteroatoms. The van der Waals surface area contributed by atoms with Gasteiger partial charge in [0.15, 0.2) is 0 Å². The monoisotopic (exact) mass is 311 g/mol. The van der Waals surface area contributed by atoms with Crippen molar-refractivity contribution in [3.05, 3.63) is 28.2 Å². The van der Waals surface area contributed by atoms with Crippen LogP contribution in [-0.2, 0) is 6.54 Å². The summed E-state index contributed by atoms with van der Waals surface area (Å²) < 4.78 is 1.07. The van der Waals surface area contributed by atoms with Crippen molar-refractivity contribution in [2.24, 2.45) is 0 Å². The van der Waals surface area contributed by atoms with Gasteiger partial charge >= 0.3 is 0 Å². The van der Waals surface area contributed by atoms with Crippen molar-refractivity contribution in [2.75, 3.05) is 31.9 Å². The molecule has 0 spiro atoms. The number of halogens is 1. The first kappa shape index (κ1) is 13.8. The summed E-state index contributed by atoms with van der Waals surface area (Å²) in [6, 6.07) is 6.82. The second kappa shape index (κ2) is 6.04. The largest absolute Gasteiger partial charge is 0.399 e. The van der Waals surface area contributed by atoms with Gasteiger partial charge in [-0.1, -0.05) is 22.9 Å². The highest BCUT2D eigenvalue weighted by molar-refractivity contribution is 9.10. The highest BCUT2D eigenvalue weighted by atomic mass is 79.9. The summed E-state index contributed by atoms with van der Waals surface area (Å²) in [6.45, 7) is 10.1. The molecule has 0 aliphatic carbocycles. The predicted molar refractivity (Wildman–Crippen MR) is 80.5 cm³/mol. The number of rotatable bonds is 3. The van der Waals surface area contributed by atoms with Gasteiger partial charge in [-0.15, -0.1) is 0 Å². The standard InChI is InChI=1S/C14H22BrN3/c1-3-18-5-4-17(9-11(18)2)10-12-6-13(15)8-14(16)7-12/h6-8,11H,3-5,9-10,16H2,1-2H3. The molecule has 0 bridgehead atoms. The Kier molecular flexibility index (Phi) is 4.65. The topological polar surface area (TPSA) is 32.5 Å². The molecule has 1 saturated heterocycles. The van der Waals surface area contributed by atoms with Gasteiger partial charge in [0.1, 0.15) is 0 Å². The van der Waals surface area contributed by atoms with Crippen LogP contribution >= 0.6 is 15.9 Å². The van der Waals surface area contributed by atoms with E-state index in [0.29, 0.717) is 6.04 Å². The summed E-state index contributed by atoms with van der Waals surface area (Å²) in [7, 11) is 0. The molecule has 1 aliphatic rings. The van der Waals surface area contributed by atoms with E-state index in [1.54, 1.807) is 0 Å². The molecule has 1 aromatic rings. The van der Waals surface area contributed by atoms with Crippen molar-refractivity contribution in [3.8, 4) is 0 Å². The number of piperazine rings is 1. The maximum absolute atomic E-state index is 5.88. The first-order valence-corrected chi connectivity index (χ1v) is 7.39. The van der Waals surface area contributed by atoms with Gasteiger partial charge in [0.25, 0.3) is 0 Å². The van der Waals surface area contributed by atoms with Crippen molar-refractivity contribution in [1.82, 2.24) is 9.80 Å². The predicted octanol–water partition coefficient (Wildman–Crippen LogP) is 2.56. The Labute approximate surface area is 118 Å². The van der Waals surface area contributed by atoms with Gasteiger partial charge in [0.2, 0.25) is 0 Å². The van der Waals surface area contributed by atoms with E-state index in [1.165, 1.54) is 12.1 Å². The van der Waals surface area contributed by atoms with Crippen LogP contribution in [0.5, 0.6) is 0 Å². The number of likely N-dealkylation sites (N-methyl/N-ethyl adjacent to an activating group) is 1. The number of nitrogen functional groups attached to an aromatic ring is 1. The third kappa shape index (κ3) is 3.46. The van der Waals surface area contributed by atoms with Gasteiger partial charge in [-0.2, -0.15) is 0 Å². The fraction of sp³-hybridized carbons (Fsp3) is 0.571. The average Bonchev–Trinajstić information content (AvgIpc) is 2.27. The lowest BCUT2D eigenvalue weighted by molar-refractivity contribution is 0.0834. The molecule has 100 valence electrons. The number of nitrogens with zero attached hydrogens (tertiary/aromatic N) is 2. The van der Waals surface area contributed by atoms with Crippen molar-refractivity contribution >= 4 is 21.6 Å². The molecule has 1 fully saturated rings. The van der Waals surface area contributed by atoms with E-state index in [4.69, 9.17) is 5.73 Å². The highest BCUT2D eigenvalue weighted by Gasteiger charge is 2.22. The molecule has 18 heavy (non-hydrogen) atoms. The van der Waals surface area contributed by atoms with Gasteiger partial charge < -0.3 is 5.73 Å². The molecule has 0 radical (unpaired) electrons. The van der Waals surface area contributed by atoms with Crippen LogP contribution in [0.15, 0.2) is 22.7 Å². The minimum absolute atomic E-state index is 0.647. The Morgan fingerprint density at radius 2 is 2.11 bits per heavy atom. The Morgan fingerprint density at radius 3 is 2.72 bits per heavy atom. The molecule has 1 aliphatic heterocycles. The third-order valence-corrected chi connectivity index (χ3v) is 4.10. The Balaban J connectivity index is 1.98. The van der Waals surface area contributed by atoms with E-state index < -0.39 is 0 Å². The van der Waals surface area contributed by atoms with Crippen LogP contribution in [0.25, 0.3) is 0 Å². The third-order valence-electron chi connectivity index (χ3n) is 3.64. The van der Waals surface area contributed by atoms with Gasteiger partial charge in [-0.05, 0) is 37.2 Å².